The number of carboxylic acid groups (broad SMARTS) is 1. The number of hydrogen-bond acceptors (Lipinski definition) is 3. The maximum absolute atomic E-state index is 11.0. The number of carbonyl (C=O) groups is 1. The van der Waals surface area contributed by atoms with E-state index in [4.69, 9.17) is 5.11 Å². The molecule has 0 bridgehead atoms. The molecule has 1 aliphatic heterocycles. The van der Waals surface area contributed by atoms with Gasteiger partial charge in [0.05, 0.1) is 11.6 Å². The fraction of sp³-hybridized carbons (Fsp3) is 0.667. The Balaban J connectivity index is 1.99. The second-order valence-corrected chi connectivity index (χ2v) is 4.84. The SMILES string of the molecule is Cc1cn(C)nc1CN1CCCC(C(=O)O)C1. The quantitative estimate of drug-likeness (QED) is 0.853. The van der Waals surface area contributed by atoms with Gasteiger partial charge in [-0.05, 0) is 31.9 Å². The van der Waals surface area contributed by atoms with Crippen LogP contribution in [0.4, 0.5) is 0 Å². The van der Waals surface area contributed by atoms with Gasteiger partial charge in [-0.15, -0.1) is 0 Å². The highest BCUT2D eigenvalue weighted by molar-refractivity contribution is 5.70. The van der Waals surface area contributed by atoms with Crippen molar-refractivity contribution in [1.82, 2.24) is 14.7 Å². The molecule has 0 spiro atoms. The molecule has 1 N–H and O–H groups in total. The molecule has 1 aromatic rings. The van der Waals surface area contributed by atoms with Gasteiger partial charge < -0.3 is 5.11 Å². The summed E-state index contributed by atoms with van der Waals surface area (Å²) in [5, 5.41) is 13.4. The molecule has 1 unspecified atom stereocenters. The molecule has 1 aromatic heterocycles. The van der Waals surface area contributed by atoms with Crippen LogP contribution in [0.5, 0.6) is 0 Å². The predicted molar refractivity (Wildman–Crippen MR) is 63.6 cm³/mol. The highest BCUT2D eigenvalue weighted by Gasteiger charge is 2.25. The zero-order chi connectivity index (χ0) is 12.4. The molecule has 0 saturated carbocycles. The van der Waals surface area contributed by atoms with Crippen molar-refractivity contribution < 1.29 is 9.90 Å². The van der Waals surface area contributed by atoms with E-state index in [1.165, 1.54) is 5.56 Å². The lowest BCUT2D eigenvalue weighted by Gasteiger charge is -2.30. The Morgan fingerprint density at radius 1 is 1.65 bits per heavy atom. The summed E-state index contributed by atoms with van der Waals surface area (Å²) in [5.74, 6) is -0.889. The zero-order valence-electron chi connectivity index (χ0n) is 10.4. The molecule has 1 saturated heterocycles. The van der Waals surface area contributed by atoms with Crippen LogP contribution in [0.1, 0.15) is 24.1 Å². The van der Waals surface area contributed by atoms with Gasteiger partial charge in [0.2, 0.25) is 0 Å². The molecule has 94 valence electrons. The zero-order valence-corrected chi connectivity index (χ0v) is 10.4. The van der Waals surface area contributed by atoms with Crippen molar-refractivity contribution in [3.05, 3.63) is 17.5 Å². The number of hydrogen-bond donors (Lipinski definition) is 1. The predicted octanol–water partition coefficient (Wildman–Crippen LogP) is 1.03. The van der Waals surface area contributed by atoms with Gasteiger partial charge >= 0.3 is 5.97 Å². The van der Waals surface area contributed by atoms with E-state index < -0.39 is 5.97 Å². The second kappa shape index (κ2) is 4.87. The van der Waals surface area contributed by atoms with Gasteiger partial charge in [0.25, 0.3) is 0 Å². The van der Waals surface area contributed by atoms with Crippen molar-refractivity contribution in [3.63, 3.8) is 0 Å². The van der Waals surface area contributed by atoms with Crippen LogP contribution in [0.15, 0.2) is 6.20 Å². The number of rotatable bonds is 3. The molecule has 2 heterocycles. The summed E-state index contributed by atoms with van der Waals surface area (Å²) in [7, 11) is 1.91. The van der Waals surface area contributed by atoms with Gasteiger partial charge in [0.15, 0.2) is 0 Å². The van der Waals surface area contributed by atoms with Crippen LogP contribution in [-0.4, -0.2) is 38.8 Å². The summed E-state index contributed by atoms with van der Waals surface area (Å²) in [4.78, 5) is 13.2. The van der Waals surface area contributed by atoms with Crippen LogP contribution in [0.25, 0.3) is 0 Å². The van der Waals surface area contributed by atoms with Crippen molar-refractivity contribution in [3.8, 4) is 0 Å². The lowest BCUT2D eigenvalue weighted by Crippen LogP contribution is -2.38. The van der Waals surface area contributed by atoms with Gasteiger partial charge in [-0.3, -0.25) is 14.4 Å². The van der Waals surface area contributed by atoms with Crippen LogP contribution in [0.2, 0.25) is 0 Å². The summed E-state index contributed by atoms with van der Waals surface area (Å²) in [6.45, 7) is 4.42. The standard InChI is InChI=1S/C12H19N3O2/c1-9-6-14(2)13-11(9)8-15-5-3-4-10(7-15)12(16)17/h6,10H,3-5,7-8H2,1-2H3,(H,16,17). The maximum Gasteiger partial charge on any atom is 0.307 e. The Hall–Kier alpha value is -1.36. The Labute approximate surface area is 101 Å². The minimum atomic E-state index is -0.674. The van der Waals surface area contributed by atoms with E-state index in [1.54, 1.807) is 0 Å². The van der Waals surface area contributed by atoms with E-state index in [1.807, 2.05) is 24.9 Å². The highest BCUT2D eigenvalue weighted by atomic mass is 16.4. The molecule has 0 amide bonds. The fourth-order valence-electron chi connectivity index (χ4n) is 2.42. The first kappa shape index (κ1) is 12.1. The lowest BCUT2D eigenvalue weighted by molar-refractivity contribution is -0.143. The molecule has 2 rings (SSSR count). The second-order valence-electron chi connectivity index (χ2n) is 4.84. The third-order valence-corrected chi connectivity index (χ3v) is 3.34. The first-order chi connectivity index (χ1) is 8.06. The van der Waals surface area contributed by atoms with Gasteiger partial charge in [-0.25, -0.2) is 0 Å². The van der Waals surface area contributed by atoms with Crippen LogP contribution in [0.3, 0.4) is 0 Å². The van der Waals surface area contributed by atoms with Crippen molar-refractivity contribution in [1.29, 1.82) is 0 Å². The molecule has 17 heavy (non-hydrogen) atoms. The van der Waals surface area contributed by atoms with E-state index in [0.717, 1.165) is 31.6 Å². The summed E-state index contributed by atoms with van der Waals surface area (Å²) in [6, 6.07) is 0. The first-order valence-electron chi connectivity index (χ1n) is 6.00. The van der Waals surface area contributed by atoms with Crippen molar-refractivity contribution in [2.45, 2.75) is 26.3 Å². The first-order valence-corrected chi connectivity index (χ1v) is 6.00. The van der Waals surface area contributed by atoms with Gasteiger partial charge in [-0.1, -0.05) is 0 Å². The van der Waals surface area contributed by atoms with E-state index in [0.29, 0.717) is 6.54 Å². The summed E-state index contributed by atoms with van der Waals surface area (Å²) >= 11 is 0. The number of aliphatic carboxylic acids is 1. The van der Waals surface area contributed by atoms with Gasteiger partial charge in [-0.2, -0.15) is 5.10 Å². The Kier molecular flexibility index (Phi) is 3.47. The number of piperidine rings is 1. The molecule has 1 aliphatic rings. The largest absolute Gasteiger partial charge is 0.481 e. The van der Waals surface area contributed by atoms with Crippen LogP contribution < -0.4 is 0 Å². The maximum atomic E-state index is 11.0. The number of aryl methyl sites for hydroxylation is 2. The third-order valence-electron chi connectivity index (χ3n) is 3.34. The monoisotopic (exact) mass is 237 g/mol. The molecule has 5 heteroatoms. The smallest absolute Gasteiger partial charge is 0.307 e. The molecule has 0 aromatic carbocycles. The van der Waals surface area contributed by atoms with Crippen molar-refractivity contribution in [2.75, 3.05) is 13.1 Å². The number of carboxylic acids is 1. The molecule has 1 fully saturated rings. The molecule has 0 radical (unpaired) electrons. The van der Waals surface area contributed by atoms with Crippen molar-refractivity contribution in [2.24, 2.45) is 13.0 Å². The van der Waals surface area contributed by atoms with Crippen molar-refractivity contribution >= 4 is 5.97 Å². The molecular formula is C12H19N3O2. The van der Waals surface area contributed by atoms with Gasteiger partial charge in [0.1, 0.15) is 0 Å². The van der Waals surface area contributed by atoms with E-state index in [9.17, 15) is 4.79 Å². The number of likely N-dealkylation sites (tertiary alicyclic amines) is 1. The average Bonchev–Trinajstić information content (AvgIpc) is 2.58. The van der Waals surface area contributed by atoms with Crippen LogP contribution >= 0.6 is 0 Å². The normalized spacial score (nSPS) is 21.6. The number of aromatic nitrogens is 2. The van der Waals surface area contributed by atoms with Crippen LogP contribution in [-0.2, 0) is 18.4 Å². The average molecular weight is 237 g/mol. The lowest BCUT2D eigenvalue weighted by atomic mass is 9.98. The third kappa shape index (κ3) is 2.85. The molecule has 1 atom stereocenters. The molecular weight excluding hydrogens is 218 g/mol. The van der Waals surface area contributed by atoms with E-state index >= 15 is 0 Å². The Bertz CT molecular complexity index is 414. The minimum Gasteiger partial charge on any atom is -0.481 e. The summed E-state index contributed by atoms with van der Waals surface area (Å²) in [6.07, 6.45) is 3.75. The Morgan fingerprint density at radius 3 is 3.00 bits per heavy atom. The summed E-state index contributed by atoms with van der Waals surface area (Å²) in [5.41, 5.74) is 2.23. The topological polar surface area (TPSA) is 58.4 Å². The summed E-state index contributed by atoms with van der Waals surface area (Å²) < 4.78 is 1.81. The number of nitrogens with zero attached hydrogens (tertiary/aromatic N) is 3. The molecule has 5 nitrogen and oxygen atoms in total. The highest BCUT2D eigenvalue weighted by Crippen LogP contribution is 2.19. The van der Waals surface area contributed by atoms with Crippen LogP contribution in [0, 0.1) is 12.8 Å². The van der Waals surface area contributed by atoms with Gasteiger partial charge in [0, 0.05) is 26.3 Å². The van der Waals surface area contributed by atoms with E-state index in [2.05, 4.69) is 10.00 Å². The molecule has 0 aliphatic carbocycles. The Morgan fingerprint density at radius 2 is 2.41 bits per heavy atom. The minimum absolute atomic E-state index is 0.215. The fourth-order valence-corrected chi connectivity index (χ4v) is 2.42. The van der Waals surface area contributed by atoms with E-state index in [-0.39, 0.29) is 5.92 Å².